The molecule has 0 bridgehead atoms. The zero-order valence-electron chi connectivity index (χ0n) is 12.6. The Hall–Kier alpha value is -2.93. The third-order valence-corrected chi connectivity index (χ3v) is 3.37. The number of ether oxygens (including phenoxy) is 1. The van der Waals surface area contributed by atoms with Gasteiger partial charge in [-0.25, -0.2) is 4.79 Å². The average molecular weight is 349 g/mol. The highest BCUT2D eigenvalue weighted by Gasteiger charge is 2.16. The van der Waals surface area contributed by atoms with Gasteiger partial charge in [0.05, 0.1) is 27.7 Å². The van der Waals surface area contributed by atoms with E-state index < -0.39 is 16.8 Å². The molecule has 7 nitrogen and oxygen atoms in total. The summed E-state index contributed by atoms with van der Waals surface area (Å²) in [5, 5.41) is 13.4. The molecule has 124 valence electrons. The maximum Gasteiger partial charge on any atom is 0.338 e. The molecule has 1 N–H and O–H groups in total. The van der Waals surface area contributed by atoms with E-state index in [9.17, 15) is 19.7 Å². The lowest BCUT2D eigenvalue weighted by atomic mass is 10.1. The SMILES string of the molecule is CCOC(=O)c1cccc(NC(=O)c2cc([N+](=O)[O-])ccc2Cl)c1. The molecular weight excluding hydrogens is 336 g/mol. The number of carbonyl (C=O) groups excluding carboxylic acids is 2. The van der Waals surface area contributed by atoms with E-state index in [4.69, 9.17) is 16.3 Å². The first-order valence-corrected chi connectivity index (χ1v) is 7.32. The maximum absolute atomic E-state index is 12.3. The predicted molar refractivity (Wildman–Crippen MR) is 88.5 cm³/mol. The molecule has 0 aliphatic rings. The summed E-state index contributed by atoms with van der Waals surface area (Å²) in [6.07, 6.45) is 0. The van der Waals surface area contributed by atoms with Gasteiger partial charge in [-0.2, -0.15) is 0 Å². The minimum Gasteiger partial charge on any atom is -0.462 e. The Kier molecular flexibility index (Phi) is 5.49. The largest absolute Gasteiger partial charge is 0.462 e. The van der Waals surface area contributed by atoms with Crippen LogP contribution in [-0.4, -0.2) is 23.4 Å². The summed E-state index contributed by atoms with van der Waals surface area (Å²) in [6, 6.07) is 9.73. The van der Waals surface area contributed by atoms with Gasteiger partial charge in [-0.05, 0) is 31.2 Å². The standard InChI is InChI=1S/C16H13ClN2O5/c1-2-24-16(21)10-4-3-5-11(8-10)18-15(20)13-9-12(19(22)23)6-7-14(13)17/h3-9H,2H2,1H3,(H,18,20). The maximum atomic E-state index is 12.3. The minimum atomic E-state index is -0.621. The van der Waals surface area contributed by atoms with Gasteiger partial charge in [0.15, 0.2) is 0 Å². The van der Waals surface area contributed by atoms with E-state index in [1.807, 2.05) is 0 Å². The summed E-state index contributed by atoms with van der Waals surface area (Å²) in [5.74, 6) is -1.13. The van der Waals surface area contributed by atoms with Gasteiger partial charge < -0.3 is 10.1 Å². The number of anilines is 1. The van der Waals surface area contributed by atoms with Gasteiger partial charge >= 0.3 is 5.97 Å². The number of nitrogens with one attached hydrogen (secondary N) is 1. The van der Waals surface area contributed by atoms with Crippen molar-refractivity contribution in [1.29, 1.82) is 0 Å². The number of hydrogen-bond donors (Lipinski definition) is 1. The Morgan fingerprint density at radius 2 is 2.00 bits per heavy atom. The first-order valence-electron chi connectivity index (χ1n) is 6.95. The molecule has 1 amide bonds. The van der Waals surface area contributed by atoms with Crippen molar-refractivity contribution in [1.82, 2.24) is 0 Å². The molecule has 0 saturated carbocycles. The highest BCUT2D eigenvalue weighted by atomic mass is 35.5. The van der Waals surface area contributed by atoms with Crippen molar-refractivity contribution in [2.75, 3.05) is 11.9 Å². The molecule has 0 heterocycles. The summed E-state index contributed by atoms with van der Waals surface area (Å²) < 4.78 is 4.89. The van der Waals surface area contributed by atoms with E-state index in [-0.39, 0.29) is 28.4 Å². The number of amides is 1. The minimum absolute atomic E-state index is 0.0348. The Balaban J connectivity index is 2.24. The molecular formula is C16H13ClN2O5. The third-order valence-electron chi connectivity index (χ3n) is 3.04. The van der Waals surface area contributed by atoms with Crippen molar-refractivity contribution in [3.05, 3.63) is 68.7 Å². The molecule has 0 unspecified atom stereocenters. The Morgan fingerprint density at radius 3 is 2.67 bits per heavy atom. The number of benzene rings is 2. The van der Waals surface area contributed by atoms with Gasteiger partial charge in [0, 0.05) is 17.8 Å². The lowest BCUT2D eigenvalue weighted by molar-refractivity contribution is -0.384. The second-order valence-electron chi connectivity index (χ2n) is 4.68. The Bertz CT molecular complexity index is 807. The topological polar surface area (TPSA) is 98.5 Å². The molecule has 0 aliphatic carbocycles. The van der Waals surface area contributed by atoms with Crippen LogP contribution in [0.5, 0.6) is 0 Å². The molecule has 2 rings (SSSR count). The summed E-state index contributed by atoms with van der Waals surface area (Å²) in [4.78, 5) is 34.2. The first kappa shape index (κ1) is 17.4. The second kappa shape index (κ2) is 7.56. The van der Waals surface area contributed by atoms with E-state index in [2.05, 4.69) is 5.32 Å². The smallest absolute Gasteiger partial charge is 0.338 e. The molecule has 0 atom stereocenters. The zero-order chi connectivity index (χ0) is 17.7. The van der Waals surface area contributed by atoms with Crippen LogP contribution in [0, 0.1) is 10.1 Å². The number of carbonyl (C=O) groups is 2. The fourth-order valence-electron chi connectivity index (χ4n) is 1.94. The van der Waals surface area contributed by atoms with Crippen LogP contribution in [0.15, 0.2) is 42.5 Å². The zero-order valence-corrected chi connectivity index (χ0v) is 13.4. The number of esters is 1. The van der Waals surface area contributed by atoms with E-state index in [0.29, 0.717) is 5.69 Å². The van der Waals surface area contributed by atoms with Gasteiger partial charge in [0.25, 0.3) is 11.6 Å². The summed E-state index contributed by atoms with van der Waals surface area (Å²) in [7, 11) is 0. The molecule has 0 spiro atoms. The van der Waals surface area contributed by atoms with Crippen LogP contribution >= 0.6 is 11.6 Å². The molecule has 0 aliphatic heterocycles. The number of halogens is 1. The third kappa shape index (κ3) is 4.08. The van der Waals surface area contributed by atoms with E-state index >= 15 is 0 Å². The molecule has 0 aromatic heterocycles. The Morgan fingerprint density at radius 1 is 1.25 bits per heavy atom. The fraction of sp³-hybridized carbons (Fsp3) is 0.125. The van der Waals surface area contributed by atoms with Crippen molar-refractivity contribution in [2.24, 2.45) is 0 Å². The molecule has 0 saturated heterocycles. The van der Waals surface area contributed by atoms with Gasteiger partial charge in [0.2, 0.25) is 0 Å². The van der Waals surface area contributed by atoms with Crippen molar-refractivity contribution in [3.63, 3.8) is 0 Å². The number of hydrogen-bond acceptors (Lipinski definition) is 5. The fourth-order valence-corrected chi connectivity index (χ4v) is 2.14. The lowest BCUT2D eigenvalue weighted by Gasteiger charge is -2.08. The molecule has 0 fully saturated rings. The average Bonchev–Trinajstić information content (AvgIpc) is 2.55. The van der Waals surface area contributed by atoms with Crippen LogP contribution < -0.4 is 5.32 Å². The Labute approximate surface area is 142 Å². The summed E-state index contributed by atoms with van der Waals surface area (Å²) >= 11 is 5.93. The van der Waals surface area contributed by atoms with Crippen molar-refractivity contribution >= 4 is 34.9 Å². The van der Waals surface area contributed by atoms with Crippen LogP contribution in [0.25, 0.3) is 0 Å². The lowest BCUT2D eigenvalue weighted by Crippen LogP contribution is -2.13. The number of non-ortho nitro benzene ring substituents is 1. The quantitative estimate of drug-likeness (QED) is 0.505. The summed E-state index contributed by atoms with van der Waals surface area (Å²) in [6.45, 7) is 1.92. The highest BCUT2D eigenvalue weighted by molar-refractivity contribution is 6.34. The normalized spacial score (nSPS) is 10.1. The van der Waals surface area contributed by atoms with Crippen LogP contribution in [0.3, 0.4) is 0 Å². The van der Waals surface area contributed by atoms with Crippen LogP contribution in [0.1, 0.15) is 27.6 Å². The van der Waals surface area contributed by atoms with Crippen LogP contribution in [0.2, 0.25) is 5.02 Å². The predicted octanol–water partition coefficient (Wildman–Crippen LogP) is 3.68. The van der Waals surface area contributed by atoms with Crippen molar-refractivity contribution in [2.45, 2.75) is 6.92 Å². The molecule has 24 heavy (non-hydrogen) atoms. The van der Waals surface area contributed by atoms with Crippen molar-refractivity contribution in [3.8, 4) is 0 Å². The monoisotopic (exact) mass is 348 g/mol. The first-order chi connectivity index (χ1) is 11.4. The van der Waals surface area contributed by atoms with Crippen molar-refractivity contribution < 1.29 is 19.2 Å². The number of rotatable bonds is 5. The van der Waals surface area contributed by atoms with E-state index in [0.717, 1.165) is 6.07 Å². The molecule has 2 aromatic carbocycles. The number of nitro benzene ring substituents is 1. The van der Waals surface area contributed by atoms with E-state index in [1.54, 1.807) is 25.1 Å². The van der Waals surface area contributed by atoms with Crippen LogP contribution in [-0.2, 0) is 4.74 Å². The number of nitro groups is 1. The van der Waals surface area contributed by atoms with Gasteiger partial charge in [-0.1, -0.05) is 17.7 Å². The molecule has 2 aromatic rings. The molecule has 0 radical (unpaired) electrons. The molecule has 8 heteroatoms. The van der Waals surface area contributed by atoms with Gasteiger partial charge in [-0.15, -0.1) is 0 Å². The summed E-state index contributed by atoms with van der Waals surface area (Å²) in [5.41, 5.74) is 0.338. The van der Waals surface area contributed by atoms with Crippen LogP contribution in [0.4, 0.5) is 11.4 Å². The van der Waals surface area contributed by atoms with E-state index in [1.165, 1.54) is 18.2 Å². The second-order valence-corrected chi connectivity index (χ2v) is 5.08. The highest BCUT2D eigenvalue weighted by Crippen LogP contribution is 2.23. The number of nitrogens with zero attached hydrogens (tertiary/aromatic N) is 1. The van der Waals surface area contributed by atoms with Gasteiger partial charge in [0.1, 0.15) is 0 Å². The van der Waals surface area contributed by atoms with Gasteiger partial charge in [-0.3, -0.25) is 14.9 Å².